The summed E-state index contributed by atoms with van der Waals surface area (Å²) in [6.45, 7) is 1.42. The smallest absolute Gasteiger partial charge is 0.274 e. The Labute approximate surface area is 195 Å². The molecule has 1 saturated heterocycles. The number of benzene rings is 2. The van der Waals surface area contributed by atoms with Gasteiger partial charge in [-0.3, -0.25) is 19.2 Å². The van der Waals surface area contributed by atoms with Crippen LogP contribution in [0.4, 0.5) is 0 Å². The lowest BCUT2D eigenvalue weighted by Gasteiger charge is -2.30. The number of fused-ring (bicyclic) bond motifs is 1. The lowest BCUT2D eigenvalue weighted by atomic mass is 9.82. The van der Waals surface area contributed by atoms with E-state index in [0.717, 1.165) is 15.6 Å². The van der Waals surface area contributed by atoms with Crippen LogP contribution in [0.3, 0.4) is 0 Å². The third-order valence-electron chi connectivity index (χ3n) is 5.84. The Morgan fingerprint density at radius 2 is 1.66 bits per heavy atom. The molecule has 0 radical (unpaired) electrons. The third kappa shape index (κ3) is 4.08. The highest BCUT2D eigenvalue weighted by Gasteiger charge is 2.51. The molecule has 4 rings (SSSR count). The number of Topliss-reactive ketones (excluding diaryl/α,β-unsaturated/α-hetero) is 1. The molecule has 1 fully saturated rings. The predicted octanol–water partition coefficient (Wildman–Crippen LogP) is 4.57. The van der Waals surface area contributed by atoms with Crippen LogP contribution in [0.25, 0.3) is 0 Å². The van der Waals surface area contributed by atoms with E-state index in [1.807, 2.05) is 13.0 Å². The summed E-state index contributed by atoms with van der Waals surface area (Å²) < 4.78 is 0. The van der Waals surface area contributed by atoms with Crippen molar-refractivity contribution in [2.24, 2.45) is 11.8 Å². The minimum absolute atomic E-state index is 0.0999. The van der Waals surface area contributed by atoms with Gasteiger partial charge in [0.05, 0.1) is 22.4 Å². The van der Waals surface area contributed by atoms with Crippen LogP contribution in [0.15, 0.2) is 60.2 Å². The molecule has 0 N–H and O–H groups in total. The molecule has 32 heavy (non-hydrogen) atoms. The number of halogens is 2. The first kappa shape index (κ1) is 22.2. The highest BCUT2D eigenvalue weighted by atomic mass is 35.5. The summed E-state index contributed by atoms with van der Waals surface area (Å²) >= 11 is 12.1. The van der Waals surface area contributed by atoms with Gasteiger partial charge in [0.1, 0.15) is 6.54 Å². The van der Waals surface area contributed by atoms with Gasteiger partial charge in [-0.05, 0) is 56.2 Å². The summed E-state index contributed by atoms with van der Waals surface area (Å²) in [5.74, 6) is -3.17. The van der Waals surface area contributed by atoms with Crippen molar-refractivity contribution in [1.82, 2.24) is 10.0 Å². The van der Waals surface area contributed by atoms with Crippen LogP contribution < -0.4 is 0 Å². The van der Waals surface area contributed by atoms with E-state index in [9.17, 15) is 19.2 Å². The summed E-state index contributed by atoms with van der Waals surface area (Å²) in [4.78, 5) is 52.9. The van der Waals surface area contributed by atoms with Gasteiger partial charge in [-0.25, -0.2) is 5.01 Å². The number of imide groups is 1. The zero-order valence-corrected chi connectivity index (χ0v) is 18.8. The van der Waals surface area contributed by atoms with Gasteiger partial charge >= 0.3 is 0 Å². The van der Waals surface area contributed by atoms with Gasteiger partial charge in [0, 0.05) is 10.6 Å². The molecule has 2 aromatic carbocycles. The number of hydrazine groups is 1. The van der Waals surface area contributed by atoms with Crippen molar-refractivity contribution in [1.29, 1.82) is 0 Å². The molecule has 2 atom stereocenters. The van der Waals surface area contributed by atoms with Gasteiger partial charge in [0.25, 0.3) is 17.7 Å². The van der Waals surface area contributed by atoms with Crippen molar-refractivity contribution < 1.29 is 19.2 Å². The van der Waals surface area contributed by atoms with E-state index in [0.29, 0.717) is 23.4 Å². The van der Waals surface area contributed by atoms with E-state index in [-0.39, 0.29) is 10.6 Å². The maximum absolute atomic E-state index is 13.4. The van der Waals surface area contributed by atoms with Crippen LogP contribution in [0.1, 0.15) is 40.5 Å². The van der Waals surface area contributed by atoms with Gasteiger partial charge < -0.3 is 0 Å². The highest BCUT2D eigenvalue weighted by Crippen LogP contribution is 2.38. The van der Waals surface area contributed by atoms with Crippen LogP contribution in [-0.4, -0.2) is 40.1 Å². The summed E-state index contributed by atoms with van der Waals surface area (Å²) in [5.41, 5.74) is 1.43. The molecule has 1 aliphatic carbocycles. The largest absolute Gasteiger partial charge is 0.292 e. The fraction of sp³-hybridized carbons (Fsp3) is 0.250. The van der Waals surface area contributed by atoms with Crippen molar-refractivity contribution >= 4 is 46.7 Å². The Morgan fingerprint density at radius 3 is 2.34 bits per heavy atom. The normalized spacial score (nSPS) is 20.1. The third-order valence-corrected chi connectivity index (χ3v) is 6.42. The second-order valence-electron chi connectivity index (χ2n) is 7.96. The maximum atomic E-state index is 13.4. The fourth-order valence-corrected chi connectivity index (χ4v) is 4.47. The number of ketones is 1. The first-order valence-electron chi connectivity index (χ1n) is 10.2. The second-order valence-corrected chi connectivity index (χ2v) is 8.81. The van der Waals surface area contributed by atoms with E-state index < -0.39 is 41.9 Å². The van der Waals surface area contributed by atoms with Crippen molar-refractivity contribution in [3.63, 3.8) is 0 Å². The molecule has 3 amide bonds. The lowest BCUT2D eigenvalue weighted by molar-refractivity contribution is -0.154. The number of hydrogen-bond acceptors (Lipinski definition) is 4. The number of hydrogen-bond donors (Lipinski definition) is 0. The van der Waals surface area contributed by atoms with Crippen LogP contribution in [0.5, 0.6) is 0 Å². The van der Waals surface area contributed by atoms with E-state index >= 15 is 0 Å². The van der Waals surface area contributed by atoms with E-state index in [4.69, 9.17) is 23.2 Å². The maximum Gasteiger partial charge on any atom is 0.274 e. The number of carbonyl (C=O) groups excluding carboxylic acids is 4. The van der Waals surface area contributed by atoms with E-state index in [1.165, 1.54) is 24.3 Å². The SMILES string of the molecule is CC1=CC[C@@H]2C(=O)N(N(CC(=O)c3ccc(Cl)cc3)C(=O)c3ccccc3Cl)C(=O)[C@@H]2C1. The van der Waals surface area contributed by atoms with Crippen LogP contribution >= 0.6 is 23.2 Å². The average Bonchev–Trinajstić information content (AvgIpc) is 3.01. The number of rotatable bonds is 5. The fourth-order valence-electron chi connectivity index (χ4n) is 4.13. The summed E-state index contributed by atoms with van der Waals surface area (Å²) in [5, 5.41) is 2.40. The predicted molar refractivity (Wildman–Crippen MR) is 120 cm³/mol. The molecule has 1 aliphatic heterocycles. The Balaban J connectivity index is 1.71. The lowest BCUT2D eigenvalue weighted by Crippen LogP contribution is -2.52. The van der Waals surface area contributed by atoms with Gasteiger partial charge in [-0.2, -0.15) is 5.01 Å². The minimum Gasteiger partial charge on any atom is -0.292 e. The number of nitrogens with zero attached hydrogens (tertiary/aromatic N) is 2. The van der Waals surface area contributed by atoms with Crippen LogP contribution in [-0.2, 0) is 9.59 Å². The number of amides is 3. The van der Waals surface area contributed by atoms with Gasteiger partial charge in [0.15, 0.2) is 5.78 Å². The zero-order valence-electron chi connectivity index (χ0n) is 17.3. The quantitative estimate of drug-likeness (QED) is 0.364. The van der Waals surface area contributed by atoms with Gasteiger partial charge in [0.2, 0.25) is 0 Å². The molecule has 0 aromatic heterocycles. The molecule has 2 aliphatic rings. The molecule has 0 spiro atoms. The topological polar surface area (TPSA) is 74.8 Å². The van der Waals surface area contributed by atoms with E-state index in [1.54, 1.807) is 24.3 Å². The van der Waals surface area contributed by atoms with Crippen LogP contribution in [0.2, 0.25) is 10.0 Å². The number of carbonyl (C=O) groups is 4. The molecule has 6 nitrogen and oxygen atoms in total. The highest BCUT2D eigenvalue weighted by molar-refractivity contribution is 6.34. The Morgan fingerprint density at radius 1 is 1.00 bits per heavy atom. The Hall–Kier alpha value is -2.96. The van der Waals surface area contributed by atoms with Gasteiger partial charge in [-0.15, -0.1) is 0 Å². The molecule has 0 unspecified atom stereocenters. The van der Waals surface area contributed by atoms with Crippen molar-refractivity contribution in [2.45, 2.75) is 19.8 Å². The van der Waals surface area contributed by atoms with Crippen molar-refractivity contribution in [3.05, 3.63) is 81.4 Å². The molecule has 0 bridgehead atoms. The van der Waals surface area contributed by atoms with E-state index in [2.05, 4.69) is 0 Å². The first-order valence-corrected chi connectivity index (χ1v) is 10.9. The van der Waals surface area contributed by atoms with Gasteiger partial charge in [-0.1, -0.05) is 47.0 Å². The van der Waals surface area contributed by atoms with Crippen molar-refractivity contribution in [2.75, 3.05) is 6.54 Å². The van der Waals surface area contributed by atoms with Crippen molar-refractivity contribution in [3.8, 4) is 0 Å². The van der Waals surface area contributed by atoms with Crippen LogP contribution in [0, 0.1) is 11.8 Å². The molecular weight excluding hydrogens is 451 g/mol. The summed E-state index contributed by atoms with van der Waals surface area (Å²) in [6, 6.07) is 12.5. The minimum atomic E-state index is -0.692. The average molecular weight is 471 g/mol. The standard InChI is InChI=1S/C24H20Cl2N2O4/c1-14-6-11-17-19(12-14)24(32)28(23(17)31)27(22(30)18-4-2-3-5-20(18)26)13-21(29)15-7-9-16(25)10-8-15/h2-10,17,19H,11-13H2,1H3/t17-,19+/m0/s1. The molecule has 164 valence electrons. The second kappa shape index (κ2) is 8.88. The number of allylic oxidation sites excluding steroid dienone is 2. The molecular formula is C24H20Cl2N2O4. The molecule has 0 saturated carbocycles. The molecule has 8 heteroatoms. The summed E-state index contributed by atoms with van der Waals surface area (Å²) in [6.07, 6.45) is 2.82. The Kier molecular flexibility index (Phi) is 6.17. The summed E-state index contributed by atoms with van der Waals surface area (Å²) in [7, 11) is 0. The molecule has 2 aromatic rings. The zero-order chi connectivity index (χ0) is 23.0. The molecule has 1 heterocycles. The monoisotopic (exact) mass is 470 g/mol. The Bertz CT molecular complexity index is 1140. The first-order chi connectivity index (χ1) is 15.3.